The molecule has 4 nitrogen and oxygen atoms in total. The lowest BCUT2D eigenvalue weighted by Crippen LogP contribution is -2.28. The summed E-state index contributed by atoms with van der Waals surface area (Å²) in [5.74, 6) is 0. The highest BCUT2D eigenvalue weighted by atomic mass is 16.4. The SMILES string of the molecule is CNCCc1ccc2[nH]cc(B(O)O)c2c1. The molecule has 0 bridgehead atoms. The van der Waals surface area contributed by atoms with E-state index in [1.54, 1.807) is 6.20 Å². The lowest BCUT2D eigenvalue weighted by atomic mass is 9.80. The zero-order chi connectivity index (χ0) is 11.5. The standard InChI is InChI=1S/C11H15BN2O2/c1-13-5-4-8-2-3-11-9(6-8)10(7-14-11)12(15)16/h2-3,6-7,13-16H,4-5H2,1H3. The third-order valence-electron chi connectivity index (χ3n) is 2.72. The Morgan fingerprint density at radius 3 is 2.88 bits per heavy atom. The molecule has 0 saturated heterocycles. The number of hydrogen-bond donors (Lipinski definition) is 4. The van der Waals surface area contributed by atoms with Crippen molar-refractivity contribution in [1.82, 2.24) is 10.3 Å². The van der Waals surface area contributed by atoms with Gasteiger partial charge < -0.3 is 20.3 Å². The number of hydrogen-bond acceptors (Lipinski definition) is 3. The maximum atomic E-state index is 9.20. The minimum Gasteiger partial charge on any atom is -0.423 e. The fraction of sp³-hybridized carbons (Fsp3) is 0.273. The summed E-state index contributed by atoms with van der Waals surface area (Å²) < 4.78 is 0. The van der Waals surface area contributed by atoms with Gasteiger partial charge in [0.2, 0.25) is 0 Å². The number of fused-ring (bicyclic) bond motifs is 1. The summed E-state index contributed by atoms with van der Waals surface area (Å²) in [6, 6.07) is 6.01. The molecule has 0 aliphatic heterocycles. The fourth-order valence-corrected chi connectivity index (χ4v) is 1.83. The zero-order valence-corrected chi connectivity index (χ0v) is 9.20. The van der Waals surface area contributed by atoms with E-state index in [0.717, 1.165) is 23.9 Å². The normalized spacial score (nSPS) is 10.9. The Hall–Kier alpha value is -1.30. The summed E-state index contributed by atoms with van der Waals surface area (Å²) in [6.07, 6.45) is 2.57. The zero-order valence-electron chi connectivity index (χ0n) is 9.20. The minimum absolute atomic E-state index is 0.529. The van der Waals surface area contributed by atoms with Crippen molar-refractivity contribution in [2.45, 2.75) is 6.42 Å². The first-order valence-corrected chi connectivity index (χ1v) is 5.33. The van der Waals surface area contributed by atoms with Gasteiger partial charge in [0.05, 0.1) is 0 Å². The molecule has 0 radical (unpaired) electrons. The number of H-pyrrole nitrogens is 1. The molecule has 0 aliphatic rings. The van der Waals surface area contributed by atoms with Crippen molar-refractivity contribution in [3.8, 4) is 0 Å². The number of likely N-dealkylation sites (N-methyl/N-ethyl adjacent to an activating group) is 1. The predicted molar refractivity (Wildman–Crippen MR) is 65.8 cm³/mol. The lowest BCUT2D eigenvalue weighted by molar-refractivity contribution is 0.426. The van der Waals surface area contributed by atoms with E-state index < -0.39 is 7.12 Å². The van der Waals surface area contributed by atoms with E-state index in [9.17, 15) is 10.0 Å². The number of aromatic amines is 1. The van der Waals surface area contributed by atoms with Crippen LogP contribution in [-0.2, 0) is 6.42 Å². The van der Waals surface area contributed by atoms with Crippen LogP contribution in [0.4, 0.5) is 0 Å². The minimum atomic E-state index is -1.42. The highest BCUT2D eigenvalue weighted by Gasteiger charge is 2.16. The van der Waals surface area contributed by atoms with Gasteiger partial charge >= 0.3 is 7.12 Å². The van der Waals surface area contributed by atoms with E-state index in [1.165, 1.54) is 5.56 Å². The van der Waals surface area contributed by atoms with Crippen LogP contribution in [0.3, 0.4) is 0 Å². The molecular formula is C11H15BN2O2. The van der Waals surface area contributed by atoms with Gasteiger partial charge in [-0.05, 0) is 43.1 Å². The molecule has 84 valence electrons. The average Bonchev–Trinajstić information content (AvgIpc) is 2.69. The van der Waals surface area contributed by atoms with Crippen molar-refractivity contribution in [3.05, 3.63) is 30.0 Å². The molecule has 0 saturated carbocycles. The highest BCUT2D eigenvalue weighted by Crippen LogP contribution is 2.13. The number of nitrogens with one attached hydrogen (secondary N) is 2. The van der Waals surface area contributed by atoms with Gasteiger partial charge in [0.15, 0.2) is 0 Å². The smallest absolute Gasteiger partial charge is 0.423 e. The van der Waals surface area contributed by atoms with Crippen LogP contribution in [0.2, 0.25) is 0 Å². The third-order valence-corrected chi connectivity index (χ3v) is 2.72. The van der Waals surface area contributed by atoms with E-state index >= 15 is 0 Å². The van der Waals surface area contributed by atoms with Gasteiger partial charge in [0.25, 0.3) is 0 Å². The van der Waals surface area contributed by atoms with Crippen LogP contribution in [0.25, 0.3) is 10.9 Å². The van der Waals surface area contributed by atoms with Crippen LogP contribution in [0.1, 0.15) is 5.56 Å². The molecule has 0 unspecified atom stereocenters. The molecule has 5 heteroatoms. The Morgan fingerprint density at radius 1 is 1.38 bits per heavy atom. The van der Waals surface area contributed by atoms with E-state index in [-0.39, 0.29) is 0 Å². The van der Waals surface area contributed by atoms with Gasteiger partial charge in [0.1, 0.15) is 0 Å². The first kappa shape index (κ1) is 11.2. The number of aromatic nitrogens is 1. The first-order valence-electron chi connectivity index (χ1n) is 5.33. The molecule has 0 atom stereocenters. The average molecular weight is 218 g/mol. The largest absolute Gasteiger partial charge is 0.490 e. The second-order valence-corrected chi connectivity index (χ2v) is 3.85. The van der Waals surface area contributed by atoms with Crippen LogP contribution >= 0.6 is 0 Å². The van der Waals surface area contributed by atoms with Crippen molar-refractivity contribution in [2.24, 2.45) is 0 Å². The van der Waals surface area contributed by atoms with E-state index in [0.29, 0.717) is 5.46 Å². The topological polar surface area (TPSA) is 68.3 Å². The first-order chi connectivity index (χ1) is 7.72. The van der Waals surface area contributed by atoms with Gasteiger partial charge in [-0.1, -0.05) is 6.07 Å². The van der Waals surface area contributed by atoms with E-state index in [1.807, 2.05) is 25.2 Å². The van der Waals surface area contributed by atoms with Gasteiger partial charge in [-0.3, -0.25) is 0 Å². The molecule has 16 heavy (non-hydrogen) atoms. The van der Waals surface area contributed by atoms with Crippen LogP contribution in [0.5, 0.6) is 0 Å². The van der Waals surface area contributed by atoms with Crippen LogP contribution in [0.15, 0.2) is 24.4 Å². The van der Waals surface area contributed by atoms with Crippen molar-refractivity contribution in [3.63, 3.8) is 0 Å². The van der Waals surface area contributed by atoms with Crippen LogP contribution in [-0.4, -0.2) is 35.7 Å². The van der Waals surface area contributed by atoms with Crippen molar-refractivity contribution in [1.29, 1.82) is 0 Å². The number of benzene rings is 1. The molecule has 0 aliphatic carbocycles. The second kappa shape index (κ2) is 4.70. The molecule has 0 fully saturated rings. The fourth-order valence-electron chi connectivity index (χ4n) is 1.83. The quantitative estimate of drug-likeness (QED) is 0.528. The molecule has 1 heterocycles. The van der Waals surface area contributed by atoms with Crippen LogP contribution in [0, 0.1) is 0 Å². The van der Waals surface area contributed by atoms with Gasteiger partial charge in [-0.25, -0.2) is 0 Å². The van der Waals surface area contributed by atoms with Crippen molar-refractivity contribution >= 4 is 23.5 Å². The predicted octanol–water partition coefficient (Wildman–Crippen LogP) is -0.390. The summed E-state index contributed by atoms with van der Waals surface area (Å²) in [5.41, 5.74) is 2.64. The summed E-state index contributed by atoms with van der Waals surface area (Å²) >= 11 is 0. The summed E-state index contributed by atoms with van der Waals surface area (Å²) in [7, 11) is 0.492. The molecule has 4 N–H and O–H groups in total. The molecule has 1 aromatic carbocycles. The van der Waals surface area contributed by atoms with Gasteiger partial charge in [-0.2, -0.15) is 0 Å². The maximum absolute atomic E-state index is 9.20. The Bertz CT molecular complexity index is 482. The lowest BCUT2D eigenvalue weighted by Gasteiger charge is -2.02. The molecular weight excluding hydrogens is 203 g/mol. The van der Waals surface area contributed by atoms with E-state index in [4.69, 9.17) is 0 Å². The Balaban J connectivity index is 2.38. The highest BCUT2D eigenvalue weighted by molar-refractivity contribution is 6.62. The van der Waals surface area contributed by atoms with Gasteiger partial charge in [0, 0.05) is 17.2 Å². The second-order valence-electron chi connectivity index (χ2n) is 3.85. The Labute approximate surface area is 94.4 Å². The maximum Gasteiger partial charge on any atom is 0.490 e. The number of rotatable bonds is 4. The molecule has 0 spiro atoms. The third kappa shape index (κ3) is 2.11. The summed E-state index contributed by atoms with van der Waals surface area (Å²) in [4.78, 5) is 3.02. The summed E-state index contributed by atoms with van der Waals surface area (Å²) in [6.45, 7) is 0.910. The monoisotopic (exact) mass is 218 g/mol. The van der Waals surface area contributed by atoms with Crippen LogP contribution < -0.4 is 10.8 Å². The molecule has 1 aromatic heterocycles. The van der Waals surface area contributed by atoms with Gasteiger partial charge in [-0.15, -0.1) is 0 Å². The Kier molecular flexibility index (Phi) is 3.29. The van der Waals surface area contributed by atoms with E-state index in [2.05, 4.69) is 10.3 Å². The molecule has 2 rings (SSSR count). The Morgan fingerprint density at radius 2 is 2.19 bits per heavy atom. The summed E-state index contributed by atoms with van der Waals surface area (Å²) in [5, 5.41) is 22.4. The molecule has 0 amide bonds. The van der Waals surface area contributed by atoms with Crippen molar-refractivity contribution in [2.75, 3.05) is 13.6 Å². The molecule has 2 aromatic rings. The van der Waals surface area contributed by atoms with Crippen molar-refractivity contribution < 1.29 is 10.0 Å².